The maximum Gasteiger partial charge on any atom is 0.417 e. The van der Waals surface area contributed by atoms with Gasteiger partial charge in [-0.1, -0.05) is 23.2 Å². The highest BCUT2D eigenvalue weighted by molar-refractivity contribution is 8.13. The van der Waals surface area contributed by atoms with Crippen molar-refractivity contribution < 1.29 is 34.8 Å². The number of hydrogen-bond donors (Lipinski definition) is 1. The molecule has 0 aromatic heterocycles. The molecule has 0 spiro atoms. The molecule has 0 radical (unpaired) electrons. The van der Waals surface area contributed by atoms with Crippen molar-refractivity contribution in [2.45, 2.75) is 17.2 Å². The van der Waals surface area contributed by atoms with Crippen molar-refractivity contribution in [3.8, 4) is 0 Å². The van der Waals surface area contributed by atoms with Crippen molar-refractivity contribution in [2.24, 2.45) is 0 Å². The summed E-state index contributed by atoms with van der Waals surface area (Å²) in [7, 11) is 0.862. The van der Waals surface area contributed by atoms with E-state index in [2.05, 4.69) is 0 Å². The first-order valence-electron chi connectivity index (χ1n) is 6.47. The molecule has 0 aliphatic heterocycles. The smallest absolute Gasteiger partial charge is 0.399 e. The minimum absolute atomic E-state index is 0.216. The molecular weight excluding hydrogens is 467 g/mol. The van der Waals surface area contributed by atoms with Crippen LogP contribution in [-0.2, 0) is 21.4 Å². The third-order valence-electron chi connectivity index (χ3n) is 2.83. The number of nitrogens with two attached hydrogens (primary N) is 1. The van der Waals surface area contributed by atoms with Crippen LogP contribution in [0, 0.1) is 0 Å². The molecule has 0 fully saturated rings. The number of hydrogen-bond acceptors (Lipinski definition) is 3. The fraction of sp³-hybridized carbons (Fsp3) is 0.143. The fourth-order valence-corrected chi connectivity index (χ4v) is 3.06. The number of benzene rings is 2. The zero-order valence-corrected chi connectivity index (χ0v) is 15.8. The van der Waals surface area contributed by atoms with Gasteiger partial charge in [0.1, 0.15) is 0 Å². The van der Waals surface area contributed by atoms with Crippen molar-refractivity contribution in [3.05, 3.63) is 57.6 Å². The summed E-state index contributed by atoms with van der Waals surface area (Å²) in [5.74, 6) is 0. The minimum Gasteiger partial charge on any atom is -0.399 e. The highest BCUT2D eigenvalue weighted by atomic mass is 35.7. The van der Waals surface area contributed by atoms with E-state index in [0.29, 0.717) is 12.1 Å². The molecule has 0 aliphatic rings. The van der Waals surface area contributed by atoms with Crippen molar-refractivity contribution in [3.63, 3.8) is 0 Å². The number of rotatable bonds is 1. The van der Waals surface area contributed by atoms with Gasteiger partial charge in [0.05, 0.1) is 26.1 Å². The molecule has 0 heterocycles. The maximum absolute atomic E-state index is 12.2. The van der Waals surface area contributed by atoms with Gasteiger partial charge in [0.15, 0.2) is 0 Å². The first kappa shape index (κ1) is 23.7. The van der Waals surface area contributed by atoms with E-state index in [1.165, 1.54) is 0 Å². The Balaban J connectivity index is 0.000000277. The lowest BCUT2D eigenvalue weighted by Gasteiger charge is -2.08. The molecule has 0 unspecified atom stereocenters. The van der Waals surface area contributed by atoms with Gasteiger partial charge in [-0.15, -0.1) is 0 Å². The van der Waals surface area contributed by atoms with E-state index in [1.54, 1.807) is 0 Å². The molecule has 27 heavy (non-hydrogen) atoms. The van der Waals surface area contributed by atoms with Crippen molar-refractivity contribution in [1.82, 2.24) is 0 Å². The molecular formula is C14H8Cl3F6NO2S. The van der Waals surface area contributed by atoms with Crippen LogP contribution in [0.3, 0.4) is 0 Å². The van der Waals surface area contributed by atoms with Crippen LogP contribution in [0.5, 0.6) is 0 Å². The summed E-state index contributed by atoms with van der Waals surface area (Å²) in [5, 5.41) is -1.08. The highest BCUT2D eigenvalue weighted by Crippen LogP contribution is 2.36. The van der Waals surface area contributed by atoms with Gasteiger partial charge in [0.25, 0.3) is 9.05 Å². The third kappa shape index (κ3) is 6.95. The van der Waals surface area contributed by atoms with E-state index in [0.717, 1.165) is 24.3 Å². The Labute approximate surface area is 164 Å². The molecule has 0 saturated heterocycles. The maximum atomic E-state index is 12.2. The van der Waals surface area contributed by atoms with Crippen molar-refractivity contribution in [1.29, 1.82) is 0 Å². The van der Waals surface area contributed by atoms with Gasteiger partial charge in [-0.05, 0) is 36.4 Å². The molecule has 150 valence electrons. The van der Waals surface area contributed by atoms with Crippen LogP contribution in [0.25, 0.3) is 0 Å². The lowest BCUT2D eigenvalue weighted by atomic mass is 10.2. The zero-order valence-electron chi connectivity index (χ0n) is 12.7. The topological polar surface area (TPSA) is 60.2 Å². The first-order valence-corrected chi connectivity index (χ1v) is 9.53. The average molecular weight is 475 g/mol. The predicted molar refractivity (Wildman–Crippen MR) is 90.4 cm³/mol. The molecule has 13 heteroatoms. The fourth-order valence-electron chi connectivity index (χ4n) is 1.64. The van der Waals surface area contributed by atoms with E-state index in [4.69, 9.17) is 39.6 Å². The Bertz CT molecular complexity index is 929. The minimum atomic E-state index is -4.62. The Kier molecular flexibility index (Phi) is 7.31. The second-order valence-corrected chi connectivity index (χ2v) is 8.19. The summed E-state index contributed by atoms with van der Waals surface area (Å²) in [4.78, 5) is -0.470. The summed E-state index contributed by atoms with van der Waals surface area (Å²) in [6.45, 7) is 0. The second kappa shape index (κ2) is 8.34. The van der Waals surface area contributed by atoms with E-state index in [-0.39, 0.29) is 10.7 Å². The summed E-state index contributed by atoms with van der Waals surface area (Å²) in [6, 6.07) is 5.07. The molecule has 0 atom stereocenters. The summed E-state index contributed by atoms with van der Waals surface area (Å²) >= 11 is 10.6. The first-order chi connectivity index (χ1) is 12.0. The normalized spacial score (nSPS) is 12.3. The predicted octanol–water partition coefficient (Wildman–Crippen LogP) is 6.23. The lowest BCUT2D eigenvalue weighted by molar-refractivity contribution is -0.138. The SMILES string of the molecule is Nc1ccc(C(F)(F)F)c(Cl)c1.O=S(=O)(Cl)c1ccc(C(F)(F)F)c(Cl)c1. The molecule has 0 saturated carbocycles. The highest BCUT2D eigenvalue weighted by Gasteiger charge is 2.34. The van der Waals surface area contributed by atoms with E-state index in [9.17, 15) is 34.8 Å². The Hall–Kier alpha value is -1.36. The molecule has 2 aromatic rings. The van der Waals surface area contributed by atoms with Gasteiger partial charge in [0, 0.05) is 16.4 Å². The molecule has 2 rings (SSSR count). The van der Waals surface area contributed by atoms with E-state index < -0.39 is 42.4 Å². The van der Waals surface area contributed by atoms with Crippen LogP contribution in [0.1, 0.15) is 11.1 Å². The molecule has 2 N–H and O–H groups in total. The summed E-state index contributed by atoms with van der Waals surface area (Å²) < 4.78 is 94.3. The summed E-state index contributed by atoms with van der Waals surface area (Å²) in [5.41, 5.74) is 3.47. The van der Waals surface area contributed by atoms with E-state index >= 15 is 0 Å². The van der Waals surface area contributed by atoms with Crippen LogP contribution in [0.4, 0.5) is 32.0 Å². The lowest BCUT2D eigenvalue weighted by Crippen LogP contribution is -2.06. The molecule has 3 nitrogen and oxygen atoms in total. The number of halogens is 9. The molecule has 2 aromatic carbocycles. The summed E-state index contributed by atoms with van der Waals surface area (Å²) in [6.07, 6.45) is -9.03. The second-order valence-electron chi connectivity index (χ2n) is 4.81. The number of alkyl halides is 6. The largest absolute Gasteiger partial charge is 0.417 e. The standard InChI is InChI=1S/C7H3Cl2F3O2S.C7H5ClF3N/c8-6-3-4(15(9,13)14)1-2-5(6)7(10,11)12;8-6-3-4(12)1-2-5(6)7(9,10)11/h1-3H;1-3H,12H2. The molecule has 0 aliphatic carbocycles. The van der Waals surface area contributed by atoms with Gasteiger partial charge < -0.3 is 5.73 Å². The van der Waals surface area contributed by atoms with Gasteiger partial charge >= 0.3 is 12.4 Å². The van der Waals surface area contributed by atoms with E-state index in [1.807, 2.05) is 0 Å². The van der Waals surface area contributed by atoms with Crippen LogP contribution < -0.4 is 5.73 Å². The van der Waals surface area contributed by atoms with Gasteiger partial charge in [0.2, 0.25) is 0 Å². The zero-order chi connectivity index (χ0) is 21.2. The number of nitrogen functional groups attached to an aromatic ring is 1. The molecule has 0 bridgehead atoms. The van der Waals surface area contributed by atoms with Crippen LogP contribution in [-0.4, -0.2) is 8.42 Å². The Morgan fingerprint density at radius 2 is 1.19 bits per heavy atom. The van der Waals surface area contributed by atoms with Gasteiger partial charge in [-0.25, -0.2) is 8.42 Å². The van der Waals surface area contributed by atoms with Crippen LogP contribution in [0.2, 0.25) is 10.0 Å². The Morgan fingerprint density at radius 1 is 0.778 bits per heavy atom. The van der Waals surface area contributed by atoms with Crippen LogP contribution in [0.15, 0.2) is 41.3 Å². The number of anilines is 1. The van der Waals surface area contributed by atoms with Crippen LogP contribution >= 0.6 is 33.9 Å². The average Bonchev–Trinajstić information content (AvgIpc) is 2.43. The van der Waals surface area contributed by atoms with Gasteiger partial charge in [-0.3, -0.25) is 0 Å². The van der Waals surface area contributed by atoms with Crippen molar-refractivity contribution in [2.75, 3.05) is 5.73 Å². The van der Waals surface area contributed by atoms with Gasteiger partial charge in [-0.2, -0.15) is 26.3 Å². The van der Waals surface area contributed by atoms with Crippen molar-refractivity contribution >= 4 is 48.6 Å². The Morgan fingerprint density at radius 3 is 1.52 bits per heavy atom. The third-order valence-corrected chi connectivity index (χ3v) is 4.80. The molecule has 0 amide bonds. The quantitative estimate of drug-likeness (QED) is 0.303. The monoisotopic (exact) mass is 473 g/mol.